The highest BCUT2D eigenvalue weighted by atomic mass is 19.4. The number of nitrogens with zero attached hydrogens (tertiary/aromatic N) is 5. The molecule has 2 aromatic rings. The minimum absolute atomic E-state index is 0.154. The predicted octanol–water partition coefficient (Wildman–Crippen LogP) is 1.68. The molecular weight excluding hydrogens is 417 g/mol. The molecule has 31 heavy (non-hydrogen) atoms. The normalized spacial score (nSPS) is 16.3. The summed E-state index contributed by atoms with van der Waals surface area (Å²) in [5.41, 5.74) is 2.18. The molecule has 3 heterocycles. The number of aromatic nitrogens is 4. The van der Waals surface area contributed by atoms with Gasteiger partial charge in [0.2, 0.25) is 5.91 Å². The van der Waals surface area contributed by atoms with Crippen molar-refractivity contribution in [3.8, 4) is 0 Å². The molecule has 2 N–H and O–H groups in total. The topological polar surface area (TPSA) is 105 Å². The molecule has 4 rings (SSSR count). The van der Waals surface area contributed by atoms with Crippen molar-refractivity contribution in [2.24, 2.45) is 13.0 Å². The Morgan fingerprint density at radius 2 is 1.97 bits per heavy atom. The van der Waals surface area contributed by atoms with Gasteiger partial charge in [0, 0.05) is 51.1 Å². The van der Waals surface area contributed by atoms with Crippen molar-refractivity contribution >= 4 is 11.9 Å². The first-order valence-electron chi connectivity index (χ1n) is 9.91. The van der Waals surface area contributed by atoms with E-state index in [4.69, 9.17) is 14.9 Å². The average Bonchev–Trinajstić information content (AvgIpc) is 3.25. The second kappa shape index (κ2) is 9.50. The van der Waals surface area contributed by atoms with E-state index in [2.05, 4.69) is 32.3 Å². The van der Waals surface area contributed by atoms with Crippen molar-refractivity contribution < 1.29 is 27.9 Å². The van der Waals surface area contributed by atoms with Crippen LogP contribution in [0.4, 0.5) is 13.2 Å². The third kappa shape index (κ3) is 7.09. The van der Waals surface area contributed by atoms with Gasteiger partial charge in [0.1, 0.15) is 5.82 Å². The van der Waals surface area contributed by atoms with Crippen LogP contribution in [0.3, 0.4) is 0 Å². The monoisotopic (exact) mass is 442 g/mol. The maximum Gasteiger partial charge on any atom is 0.490 e. The molecule has 0 aromatic carbocycles. The third-order valence-corrected chi connectivity index (χ3v) is 4.98. The summed E-state index contributed by atoms with van der Waals surface area (Å²) in [6.45, 7) is 4.22. The predicted molar refractivity (Wildman–Crippen MR) is 102 cm³/mol. The van der Waals surface area contributed by atoms with Gasteiger partial charge in [0.05, 0.1) is 25.0 Å². The number of carbonyl (C=O) groups excluding carboxylic acids is 1. The van der Waals surface area contributed by atoms with Gasteiger partial charge in [-0.2, -0.15) is 18.3 Å². The zero-order valence-corrected chi connectivity index (χ0v) is 17.1. The smallest absolute Gasteiger partial charge is 0.475 e. The molecule has 0 spiro atoms. The highest BCUT2D eigenvalue weighted by Gasteiger charge is 2.38. The van der Waals surface area contributed by atoms with E-state index in [1.165, 1.54) is 18.4 Å². The number of carbonyl (C=O) groups is 2. The van der Waals surface area contributed by atoms with Crippen molar-refractivity contribution in [3.63, 3.8) is 0 Å². The highest BCUT2D eigenvalue weighted by Crippen LogP contribution is 2.32. The van der Waals surface area contributed by atoms with Gasteiger partial charge < -0.3 is 15.0 Å². The summed E-state index contributed by atoms with van der Waals surface area (Å²) in [4.78, 5) is 27.8. The lowest BCUT2D eigenvalue weighted by molar-refractivity contribution is -0.192. The third-order valence-electron chi connectivity index (χ3n) is 4.98. The molecule has 0 saturated heterocycles. The van der Waals surface area contributed by atoms with Gasteiger partial charge >= 0.3 is 12.1 Å². The first-order chi connectivity index (χ1) is 14.6. The number of hydrogen-bond acceptors (Lipinski definition) is 5. The molecule has 1 saturated carbocycles. The van der Waals surface area contributed by atoms with E-state index in [1.807, 2.05) is 17.9 Å². The summed E-state index contributed by atoms with van der Waals surface area (Å²) in [5.74, 6) is -0.896. The van der Waals surface area contributed by atoms with E-state index in [0.717, 1.165) is 37.7 Å². The largest absolute Gasteiger partial charge is 0.490 e. The van der Waals surface area contributed by atoms with Gasteiger partial charge in [-0.15, -0.1) is 0 Å². The fourth-order valence-corrected chi connectivity index (χ4v) is 3.24. The summed E-state index contributed by atoms with van der Waals surface area (Å²) in [7, 11) is 1.94. The molecule has 170 valence electrons. The number of carboxylic acids is 1. The van der Waals surface area contributed by atoms with Crippen molar-refractivity contribution in [1.82, 2.24) is 29.5 Å². The van der Waals surface area contributed by atoms with Gasteiger partial charge in [-0.1, -0.05) is 0 Å². The van der Waals surface area contributed by atoms with Crippen LogP contribution < -0.4 is 5.32 Å². The van der Waals surface area contributed by atoms with Crippen molar-refractivity contribution in [2.45, 2.75) is 51.6 Å². The Kier molecular flexibility index (Phi) is 6.98. The van der Waals surface area contributed by atoms with Crippen LogP contribution in [0.15, 0.2) is 18.6 Å². The zero-order chi connectivity index (χ0) is 22.6. The van der Waals surface area contributed by atoms with E-state index in [0.29, 0.717) is 18.9 Å². The Morgan fingerprint density at radius 1 is 1.26 bits per heavy atom. The number of halogens is 3. The Bertz CT molecular complexity index is 919. The van der Waals surface area contributed by atoms with Crippen LogP contribution in [-0.2, 0) is 42.8 Å². The van der Waals surface area contributed by atoms with Crippen LogP contribution in [0, 0.1) is 5.92 Å². The number of fused-ring (bicyclic) bond motifs is 1. The number of alkyl halides is 3. The van der Waals surface area contributed by atoms with Gasteiger partial charge in [0.25, 0.3) is 0 Å². The number of rotatable bonds is 6. The SMILES string of the molecule is Cn1cc(CN2CCn3cc(CNC(=O)CC4CC4)nc3C2)cn1.O=C(O)C(F)(F)F. The molecule has 1 aliphatic carbocycles. The highest BCUT2D eigenvalue weighted by molar-refractivity contribution is 5.76. The van der Waals surface area contributed by atoms with Gasteiger partial charge in [-0.25, -0.2) is 9.78 Å². The number of carboxylic acid groups (broad SMARTS) is 1. The lowest BCUT2D eigenvalue weighted by Crippen LogP contribution is -2.33. The number of aryl methyl sites for hydroxylation is 1. The molecule has 0 unspecified atom stereocenters. The van der Waals surface area contributed by atoms with E-state index in [1.54, 1.807) is 0 Å². The van der Waals surface area contributed by atoms with Crippen LogP contribution in [0.5, 0.6) is 0 Å². The number of imidazole rings is 1. The Hall–Kier alpha value is -2.89. The molecule has 0 radical (unpaired) electrons. The molecule has 2 aliphatic rings. The van der Waals surface area contributed by atoms with Gasteiger partial charge in [-0.05, 0) is 18.8 Å². The van der Waals surface area contributed by atoms with E-state index in [-0.39, 0.29) is 5.91 Å². The second-order valence-corrected chi connectivity index (χ2v) is 7.80. The Morgan fingerprint density at radius 3 is 2.55 bits per heavy atom. The van der Waals surface area contributed by atoms with Crippen LogP contribution in [-0.4, -0.2) is 53.9 Å². The molecule has 1 amide bonds. The minimum atomic E-state index is -5.08. The van der Waals surface area contributed by atoms with E-state index >= 15 is 0 Å². The lowest BCUT2D eigenvalue weighted by Gasteiger charge is -2.26. The maximum atomic E-state index is 11.8. The van der Waals surface area contributed by atoms with Crippen LogP contribution in [0.1, 0.15) is 36.3 Å². The summed E-state index contributed by atoms with van der Waals surface area (Å²) in [6, 6.07) is 0. The molecule has 0 atom stereocenters. The van der Waals surface area contributed by atoms with E-state index < -0.39 is 12.1 Å². The molecule has 0 bridgehead atoms. The first kappa shape index (κ1) is 22.8. The molecule has 1 aliphatic heterocycles. The van der Waals surface area contributed by atoms with Crippen molar-refractivity contribution in [1.29, 1.82) is 0 Å². The summed E-state index contributed by atoms with van der Waals surface area (Å²) >= 11 is 0. The van der Waals surface area contributed by atoms with Gasteiger partial charge in [0.15, 0.2) is 0 Å². The second-order valence-electron chi connectivity index (χ2n) is 7.80. The Labute approximate surface area is 176 Å². The maximum absolute atomic E-state index is 11.8. The molecule has 1 fully saturated rings. The number of nitrogens with one attached hydrogen (secondary N) is 1. The van der Waals surface area contributed by atoms with Crippen molar-refractivity contribution in [3.05, 3.63) is 35.7 Å². The van der Waals surface area contributed by atoms with Crippen molar-refractivity contribution in [2.75, 3.05) is 6.54 Å². The Balaban J connectivity index is 0.000000339. The van der Waals surface area contributed by atoms with Gasteiger partial charge in [-0.3, -0.25) is 14.4 Å². The van der Waals surface area contributed by atoms with E-state index in [9.17, 15) is 18.0 Å². The number of aliphatic carboxylic acids is 1. The fourth-order valence-electron chi connectivity index (χ4n) is 3.24. The summed E-state index contributed by atoms with van der Waals surface area (Å²) in [6.07, 6.45) is 4.06. The molecular formula is C19H25F3N6O3. The average molecular weight is 442 g/mol. The standard InChI is InChI=1S/C17H24N6O.C2HF3O2/c1-21-9-14(7-19-21)10-22-4-5-23-11-15(20-16(23)12-22)8-18-17(24)6-13-2-3-13;3-2(4,5)1(6)7/h7,9,11,13H,2-6,8,10,12H2,1H3,(H,18,24);(H,6,7). The number of amides is 1. The quantitative estimate of drug-likeness (QED) is 0.705. The first-order valence-corrected chi connectivity index (χ1v) is 9.91. The zero-order valence-electron chi connectivity index (χ0n) is 17.1. The number of hydrogen-bond donors (Lipinski definition) is 2. The molecule has 2 aromatic heterocycles. The van der Waals surface area contributed by atoms with Crippen LogP contribution in [0.2, 0.25) is 0 Å². The van der Waals surface area contributed by atoms with Crippen LogP contribution >= 0.6 is 0 Å². The molecule has 9 nitrogen and oxygen atoms in total. The fraction of sp³-hybridized carbons (Fsp3) is 0.579. The molecule has 12 heteroatoms. The van der Waals surface area contributed by atoms with Crippen LogP contribution in [0.25, 0.3) is 0 Å². The summed E-state index contributed by atoms with van der Waals surface area (Å²) in [5, 5.41) is 14.3. The lowest BCUT2D eigenvalue weighted by atomic mass is 10.3. The summed E-state index contributed by atoms with van der Waals surface area (Å²) < 4.78 is 35.8. The minimum Gasteiger partial charge on any atom is -0.475 e.